The van der Waals surface area contributed by atoms with E-state index in [1.165, 1.54) is 0 Å². The van der Waals surface area contributed by atoms with Crippen molar-refractivity contribution in [2.75, 3.05) is 59.2 Å². The van der Waals surface area contributed by atoms with Crippen LogP contribution < -0.4 is 0 Å². The van der Waals surface area contributed by atoms with Gasteiger partial charge in [-0.15, -0.1) is 0 Å². The summed E-state index contributed by atoms with van der Waals surface area (Å²) in [7, 11) is 0. The molecule has 0 rings (SSSR count). The summed E-state index contributed by atoms with van der Waals surface area (Å²) < 4.78 is 5.12. The first-order valence-electron chi connectivity index (χ1n) is 6.69. The van der Waals surface area contributed by atoms with Crippen molar-refractivity contribution in [3.63, 3.8) is 0 Å². The van der Waals surface area contributed by atoms with Gasteiger partial charge in [0.1, 0.15) is 0 Å². The first-order chi connectivity index (χ1) is 9.05. The van der Waals surface area contributed by atoms with E-state index in [1.54, 1.807) is 0 Å². The molecule has 0 saturated heterocycles. The maximum atomic E-state index is 8.96. The molecule has 0 aromatic heterocycles. The molecule has 0 aromatic rings. The van der Waals surface area contributed by atoms with E-state index >= 15 is 0 Å². The molecular weight excluding hydrogens is 248 g/mol. The number of ether oxygens (including phenoxy) is 1. The predicted molar refractivity (Wildman–Crippen MR) is 75.7 cm³/mol. The molecule has 0 radical (unpaired) electrons. The Kier molecular flexibility index (Phi) is 11.0. The van der Waals surface area contributed by atoms with Gasteiger partial charge in [0.25, 0.3) is 0 Å². The average molecular weight is 276 g/mol. The van der Waals surface area contributed by atoms with Crippen molar-refractivity contribution in [3.8, 4) is 0 Å². The van der Waals surface area contributed by atoms with Gasteiger partial charge in [0.15, 0.2) is 0 Å². The van der Waals surface area contributed by atoms with Gasteiger partial charge in [-0.25, -0.2) is 0 Å². The number of hydrogen-bond acceptors (Lipinski definition) is 6. The molecule has 0 amide bonds. The molecule has 0 aliphatic heterocycles. The van der Waals surface area contributed by atoms with Crippen LogP contribution in [0.1, 0.15) is 13.8 Å². The van der Waals surface area contributed by atoms with E-state index in [0.29, 0.717) is 32.8 Å². The summed E-state index contributed by atoms with van der Waals surface area (Å²) in [5, 5.41) is 26.5. The van der Waals surface area contributed by atoms with E-state index in [1.807, 2.05) is 11.1 Å². The fourth-order valence-corrected chi connectivity index (χ4v) is 1.77. The molecule has 0 aromatic carbocycles. The fourth-order valence-electron chi connectivity index (χ4n) is 1.77. The molecular formula is C13H28N2O4. The van der Waals surface area contributed by atoms with Crippen LogP contribution >= 0.6 is 0 Å². The summed E-state index contributed by atoms with van der Waals surface area (Å²) in [6, 6.07) is 0. The number of aliphatic imine (C=N–C) groups is 1. The second kappa shape index (κ2) is 11.3. The Hall–Kier alpha value is -0.530. The zero-order chi connectivity index (χ0) is 14.6. The Morgan fingerprint density at radius 2 is 1.68 bits per heavy atom. The topological polar surface area (TPSA) is 85.5 Å². The van der Waals surface area contributed by atoms with E-state index < -0.39 is 0 Å². The first kappa shape index (κ1) is 18.5. The minimum atomic E-state index is -0.124. The zero-order valence-corrected chi connectivity index (χ0v) is 12.1. The Morgan fingerprint density at radius 3 is 2.21 bits per heavy atom. The Balaban J connectivity index is 4.01. The van der Waals surface area contributed by atoms with Gasteiger partial charge in [0.2, 0.25) is 0 Å². The van der Waals surface area contributed by atoms with Gasteiger partial charge < -0.3 is 20.1 Å². The quantitative estimate of drug-likeness (QED) is 0.327. The molecule has 0 aliphatic rings. The SMILES string of the molecule is CC(C)(C=NCCOCCO)CN(CCO)CCO. The second-order valence-corrected chi connectivity index (χ2v) is 5.08. The molecule has 114 valence electrons. The normalized spacial score (nSPS) is 12.7. The van der Waals surface area contributed by atoms with Crippen LogP contribution in [0.2, 0.25) is 0 Å². The fraction of sp³-hybridized carbons (Fsp3) is 0.923. The van der Waals surface area contributed by atoms with E-state index in [9.17, 15) is 0 Å². The minimum absolute atomic E-state index is 0.0342. The standard InChI is InChI=1S/C13H28N2O4/c1-13(2,11-14-3-9-19-10-8-18)12-15(4-6-16)5-7-17/h11,16-18H,3-10,12H2,1-2H3. The number of hydrogen-bond donors (Lipinski definition) is 3. The lowest BCUT2D eigenvalue weighted by Crippen LogP contribution is -2.38. The van der Waals surface area contributed by atoms with Crippen LogP contribution in [0.25, 0.3) is 0 Å². The van der Waals surface area contributed by atoms with E-state index in [-0.39, 0.29) is 25.2 Å². The highest BCUT2D eigenvalue weighted by atomic mass is 16.5. The summed E-state index contributed by atoms with van der Waals surface area (Å²) >= 11 is 0. The van der Waals surface area contributed by atoms with Crippen LogP contribution in [0.4, 0.5) is 0 Å². The van der Waals surface area contributed by atoms with Crippen LogP contribution in [0.3, 0.4) is 0 Å². The van der Waals surface area contributed by atoms with Gasteiger partial charge in [-0.2, -0.15) is 0 Å². The summed E-state index contributed by atoms with van der Waals surface area (Å²) in [5.41, 5.74) is -0.124. The van der Waals surface area contributed by atoms with Crippen LogP contribution in [0.5, 0.6) is 0 Å². The lowest BCUT2D eigenvalue weighted by molar-refractivity contribution is 0.0977. The lowest BCUT2D eigenvalue weighted by Gasteiger charge is -2.29. The van der Waals surface area contributed by atoms with Gasteiger partial charge in [-0.1, -0.05) is 13.8 Å². The monoisotopic (exact) mass is 276 g/mol. The number of nitrogens with zero attached hydrogens (tertiary/aromatic N) is 2. The zero-order valence-electron chi connectivity index (χ0n) is 12.1. The van der Waals surface area contributed by atoms with Gasteiger partial charge in [0, 0.05) is 31.3 Å². The molecule has 0 atom stereocenters. The third-order valence-corrected chi connectivity index (χ3v) is 2.50. The molecule has 0 spiro atoms. The molecule has 3 N–H and O–H groups in total. The highest BCUT2D eigenvalue weighted by Gasteiger charge is 2.19. The van der Waals surface area contributed by atoms with Crippen molar-refractivity contribution < 1.29 is 20.1 Å². The van der Waals surface area contributed by atoms with Crippen LogP contribution in [0, 0.1) is 5.41 Å². The minimum Gasteiger partial charge on any atom is -0.395 e. The summed E-state index contributed by atoms with van der Waals surface area (Å²) in [6.07, 6.45) is 1.89. The van der Waals surface area contributed by atoms with Gasteiger partial charge in [-0.3, -0.25) is 9.89 Å². The molecule has 0 heterocycles. The second-order valence-electron chi connectivity index (χ2n) is 5.08. The molecule has 0 unspecified atom stereocenters. The van der Waals surface area contributed by atoms with Gasteiger partial charge >= 0.3 is 0 Å². The number of aliphatic hydroxyl groups is 3. The molecule has 0 bridgehead atoms. The van der Waals surface area contributed by atoms with E-state index in [4.69, 9.17) is 20.1 Å². The maximum Gasteiger partial charge on any atom is 0.0698 e. The third kappa shape index (κ3) is 11.0. The van der Waals surface area contributed by atoms with Gasteiger partial charge in [0.05, 0.1) is 39.6 Å². The van der Waals surface area contributed by atoms with Gasteiger partial charge in [-0.05, 0) is 0 Å². The van der Waals surface area contributed by atoms with Crippen molar-refractivity contribution in [2.45, 2.75) is 13.8 Å². The average Bonchev–Trinajstić information content (AvgIpc) is 2.34. The Bertz CT molecular complexity index is 229. The van der Waals surface area contributed by atoms with Crippen molar-refractivity contribution in [2.24, 2.45) is 10.4 Å². The van der Waals surface area contributed by atoms with Crippen LogP contribution in [-0.2, 0) is 4.74 Å². The van der Waals surface area contributed by atoms with Crippen molar-refractivity contribution in [1.29, 1.82) is 0 Å². The number of aliphatic hydroxyl groups excluding tert-OH is 3. The Labute approximate surface area is 115 Å². The molecule has 0 saturated carbocycles. The molecule has 19 heavy (non-hydrogen) atoms. The summed E-state index contributed by atoms with van der Waals surface area (Å²) in [6.45, 7) is 7.59. The van der Waals surface area contributed by atoms with Crippen LogP contribution in [-0.4, -0.2) is 85.6 Å². The predicted octanol–water partition coefficient (Wildman–Crippen LogP) is -0.621. The first-order valence-corrected chi connectivity index (χ1v) is 6.69. The maximum absolute atomic E-state index is 8.96. The molecule has 6 nitrogen and oxygen atoms in total. The van der Waals surface area contributed by atoms with E-state index in [2.05, 4.69) is 18.8 Å². The van der Waals surface area contributed by atoms with E-state index in [0.717, 1.165) is 6.54 Å². The van der Waals surface area contributed by atoms with Crippen molar-refractivity contribution in [3.05, 3.63) is 0 Å². The van der Waals surface area contributed by atoms with Crippen LogP contribution in [0.15, 0.2) is 4.99 Å². The third-order valence-electron chi connectivity index (χ3n) is 2.50. The lowest BCUT2D eigenvalue weighted by atomic mass is 9.94. The molecule has 0 fully saturated rings. The smallest absolute Gasteiger partial charge is 0.0698 e. The van der Waals surface area contributed by atoms with Crippen molar-refractivity contribution in [1.82, 2.24) is 4.90 Å². The largest absolute Gasteiger partial charge is 0.395 e. The molecule has 0 aliphatic carbocycles. The van der Waals surface area contributed by atoms with Crippen molar-refractivity contribution >= 4 is 6.21 Å². The molecule has 6 heteroatoms. The number of rotatable bonds is 12. The highest BCUT2D eigenvalue weighted by Crippen LogP contribution is 2.13. The Morgan fingerprint density at radius 1 is 1.05 bits per heavy atom. The summed E-state index contributed by atoms with van der Waals surface area (Å²) in [4.78, 5) is 6.31. The highest BCUT2D eigenvalue weighted by molar-refractivity contribution is 5.64. The summed E-state index contributed by atoms with van der Waals surface area (Å²) in [5.74, 6) is 0.